The number of rotatable bonds is 18. The minimum Gasteiger partial charge on any atom is -0.489 e. The van der Waals surface area contributed by atoms with Crippen molar-refractivity contribution >= 4 is 51.3 Å². The van der Waals surface area contributed by atoms with Crippen molar-refractivity contribution in [2.75, 3.05) is 32.8 Å². The Morgan fingerprint density at radius 2 is 1.54 bits per heavy atom. The molecule has 4 atom stereocenters. The molecule has 19 heteroatoms. The molecular weight excluding hydrogens is 970 g/mol. The number of carbonyl (C=O) groups excluding carboxylic acids is 3. The van der Waals surface area contributed by atoms with Crippen LogP contribution >= 0.6 is 23.2 Å². The highest BCUT2D eigenvalue weighted by molar-refractivity contribution is 7.89. The molecule has 0 spiro atoms. The molecule has 5 aliphatic rings. The molecule has 2 N–H and O–H groups in total. The lowest BCUT2D eigenvalue weighted by molar-refractivity contribution is -0.377. The fraction of sp³-hybridized carbons (Fsp3) is 0.373. The molecule has 4 aliphatic heterocycles. The number of aromatic nitrogens is 1. The van der Waals surface area contributed by atoms with E-state index in [0.29, 0.717) is 35.6 Å². The highest BCUT2D eigenvalue weighted by Crippen LogP contribution is 2.39. The number of ether oxygens (including phenoxy) is 5. The van der Waals surface area contributed by atoms with Gasteiger partial charge in [-0.15, -0.1) is 0 Å². The number of H-pyrrole nitrogens is 1. The van der Waals surface area contributed by atoms with Crippen LogP contribution in [-0.2, 0) is 30.7 Å². The quantitative estimate of drug-likeness (QED) is 0.0658. The Morgan fingerprint density at radius 3 is 2.26 bits per heavy atom. The summed E-state index contributed by atoms with van der Waals surface area (Å²) in [6, 6.07) is 23.6. The van der Waals surface area contributed by atoms with Crippen molar-refractivity contribution in [2.24, 2.45) is 11.8 Å². The number of alkyl halides is 2. The summed E-state index contributed by atoms with van der Waals surface area (Å²) in [5.74, 6) is -1.16. The van der Waals surface area contributed by atoms with Crippen molar-refractivity contribution in [1.29, 1.82) is 0 Å². The number of carbonyl (C=O) groups is 3. The minimum absolute atomic E-state index is 0.0190. The van der Waals surface area contributed by atoms with Crippen LogP contribution in [0.3, 0.4) is 0 Å². The molecule has 2 bridgehead atoms. The number of pyridine rings is 1. The number of hydrogen-bond acceptors (Lipinski definition) is 11. The normalized spacial score (nSPS) is 20.9. The van der Waals surface area contributed by atoms with Crippen LogP contribution in [0.4, 0.5) is 13.6 Å². The number of piperidine rings is 3. The van der Waals surface area contributed by atoms with E-state index in [-0.39, 0.29) is 75.8 Å². The summed E-state index contributed by atoms with van der Waals surface area (Å²) >= 11 is 13.1. The number of halogens is 4. The highest BCUT2D eigenvalue weighted by Gasteiger charge is 2.42. The molecule has 0 radical (unpaired) electrons. The molecule has 10 rings (SSSR count). The van der Waals surface area contributed by atoms with Crippen molar-refractivity contribution in [2.45, 2.75) is 80.7 Å². The zero-order valence-electron chi connectivity index (χ0n) is 37.8. The molecule has 70 heavy (non-hydrogen) atoms. The third kappa shape index (κ3) is 11.7. The maximum Gasteiger partial charge on any atom is 0.408 e. The first-order chi connectivity index (χ1) is 33.8. The molecule has 5 fully saturated rings. The number of benzene rings is 4. The summed E-state index contributed by atoms with van der Waals surface area (Å²) in [7, 11) is -4.43. The van der Waals surface area contributed by atoms with E-state index in [0.717, 1.165) is 48.6 Å². The van der Waals surface area contributed by atoms with Crippen LogP contribution in [0, 0.1) is 11.8 Å². The fourth-order valence-corrected chi connectivity index (χ4v) is 11.5. The highest BCUT2D eigenvalue weighted by atomic mass is 35.5. The number of hydrogen-bond donors (Lipinski definition) is 1. The average Bonchev–Trinajstić information content (AvgIpc) is 4.05. The van der Waals surface area contributed by atoms with Crippen molar-refractivity contribution in [1.82, 2.24) is 14.5 Å². The molecule has 4 saturated heterocycles. The molecule has 1 amide bonds. The van der Waals surface area contributed by atoms with Crippen LogP contribution in [0.15, 0.2) is 114 Å². The van der Waals surface area contributed by atoms with Gasteiger partial charge >= 0.3 is 24.6 Å². The molecule has 4 aromatic carbocycles. The lowest BCUT2D eigenvalue weighted by Gasteiger charge is -2.43. The summed E-state index contributed by atoms with van der Waals surface area (Å²) in [4.78, 5) is 46.3. The second kappa shape index (κ2) is 21.6. The first-order valence-electron chi connectivity index (χ1n) is 23.2. The largest absolute Gasteiger partial charge is 0.489 e. The third-order valence-corrected chi connectivity index (χ3v) is 15.8. The molecular formula is C51H51Cl2F2N4O10S+. The van der Waals surface area contributed by atoms with Crippen LogP contribution in [0.25, 0.3) is 0 Å². The smallest absolute Gasteiger partial charge is 0.408 e. The summed E-state index contributed by atoms with van der Waals surface area (Å²) in [5.41, 5.74) is 2.06. The topological polar surface area (TPSA) is 164 Å². The Balaban J connectivity index is 0.912. The second-order valence-electron chi connectivity index (χ2n) is 17.9. The molecule has 5 aromatic rings. The zero-order valence-corrected chi connectivity index (χ0v) is 40.1. The second-order valence-corrected chi connectivity index (χ2v) is 20.6. The number of alkyl carbamates (subject to hydrolysis) is 1. The number of nitrogens with one attached hydrogen (secondary N) is 2. The molecule has 1 saturated carbocycles. The maximum absolute atomic E-state index is 14.4. The van der Waals surface area contributed by atoms with Gasteiger partial charge in [0.1, 0.15) is 34.0 Å². The van der Waals surface area contributed by atoms with E-state index in [4.69, 9.17) is 46.9 Å². The molecule has 1 aromatic heterocycles. The Hall–Kier alpha value is -5.85. The lowest BCUT2D eigenvalue weighted by Crippen LogP contribution is -2.52. The van der Waals surface area contributed by atoms with Crippen LogP contribution in [0.1, 0.15) is 83.3 Å². The zero-order chi connectivity index (χ0) is 48.9. The van der Waals surface area contributed by atoms with E-state index in [1.807, 2.05) is 30.3 Å². The number of amides is 1. The van der Waals surface area contributed by atoms with Crippen LogP contribution in [0.5, 0.6) is 17.2 Å². The third-order valence-electron chi connectivity index (χ3n) is 13.2. The number of sulfonamides is 1. The van der Waals surface area contributed by atoms with E-state index in [2.05, 4.69) is 15.2 Å². The van der Waals surface area contributed by atoms with Gasteiger partial charge in [-0.3, -0.25) is 9.69 Å². The molecule has 5 heterocycles. The van der Waals surface area contributed by atoms with Crippen LogP contribution in [-0.4, -0.2) is 87.2 Å². The summed E-state index contributed by atoms with van der Waals surface area (Å²) in [5, 5.41) is 3.48. The van der Waals surface area contributed by atoms with Crippen molar-refractivity contribution in [3.8, 4) is 17.2 Å². The van der Waals surface area contributed by atoms with Crippen LogP contribution < -0.4 is 24.5 Å². The Bertz CT molecular complexity index is 2800. The molecule has 0 unspecified atom stereocenters. The van der Waals surface area contributed by atoms with Gasteiger partial charge in [0.05, 0.1) is 23.1 Å². The number of aromatic amines is 1. The summed E-state index contributed by atoms with van der Waals surface area (Å²) < 4.78 is 85.2. The molecule has 14 nitrogen and oxygen atoms in total. The van der Waals surface area contributed by atoms with Gasteiger partial charge in [-0.2, -0.15) is 13.1 Å². The number of esters is 2. The monoisotopic (exact) mass is 1020 g/mol. The average molecular weight is 1020 g/mol. The first kappa shape index (κ1) is 49.1. The number of nitrogens with zero attached hydrogens (tertiary/aromatic N) is 2. The van der Waals surface area contributed by atoms with E-state index < -0.39 is 52.9 Å². The fourth-order valence-electron chi connectivity index (χ4n) is 9.27. The van der Waals surface area contributed by atoms with Gasteiger partial charge in [0.15, 0.2) is 23.9 Å². The van der Waals surface area contributed by atoms with E-state index >= 15 is 0 Å². The Morgan fingerprint density at radius 1 is 0.800 bits per heavy atom. The number of fused-ring (bicyclic) bond motifs is 3. The van der Waals surface area contributed by atoms with Gasteiger partial charge in [-0.1, -0.05) is 77.8 Å². The van der Waals surface area contributed by atoms with Crippen LogP contribution in [0.2, 0.25) is 10.0 Å². The van der Waals surface area contributed by atoms with Crippen molar-refractivity contribution in [3.05, 3.63) is 147 Å². The van der Waals surface area contributed by atoms with E-state index in [1.165, 1.54) is 54.9 Å². The maximum atomic E-state index is 14.4. The molecule has 368 valence electrons. The van der Waals surface area contributed by atoms with Crippen molar-refractivity contribution < 1.29 is 60.3 Å². The minimum atomic E-state index is -4.43. The summed E-state index contributed by atoms with van der Waals surface area (Å²) in [6.45, 7) is -0.164. The van der Waals surface area contributed by atoms with Gasteiger partial charge < -0.3 is 29.0 Å². The van der Waals surface area contributed by atoms with E-state index in [1.54, 1.807) is 24.3 Å². The summed E-state index contributed by atoms with van der Waals surface area (Å²) in [6.07, 6.45) is 5.31. The Kier molecular flexibility index (Phi) is 15.2. The van der Waals surface area contributed by atoms with E-state index in [9.17, 15) is 31.6 Å². The van der Waals surface area contributed by atoms with Gasteiger partial charge in [-0.25, -0.2) is 23.0 Å². The van der Waals surface area contributed by atoms with Gasteiger partial charge in [0, 0.05) is 25.1 Å². The lowest BCUT2D eigenvalue weighted by atomic mass is 9.86. The SMILES string of the molecule is O=C(N[C@@H](c1ccccc1)c1cccc(OC(=O)c2cccc(S(=O)(=O)N3CCC[C@H]3C(=O)O[C@@H](Cc3c(Cl)c[nH+]cc3Cl)c3ccc(OC(F)F)c(OCC4CC4)c3)c2)c1)O[C@H]1CN2CCC1CC2. The first-order valence-corrected chi connectivity index (χ1v) is 25.4. The molecule has 1 aliphatic carbocycles. The van der Waals surface area contributed by atoms with Gasteiger partial charge in [-0.05, 0) is 123 Å². The van der Waals surface area contributed by atoms with Gasteiger partial charge in [0.2, 0.25) is 10.0 Å². The Labute approximate surface area is 414 Å². The predicted molar refractivity (Wildman–Crippen MR) is 252 cm³/mol. The van der Waals surface area contributed by atoms with Gasteiger partial charge in [0.25, 0.3) is 0 Å². The predicted octanol–water partition coefficient (Wildman–Crippen LogP) is 9.01. The standard InChI is InChI=1S/C51H50Cl2F2N4O10S/c52-40-27-56-28-41(53)39(40)26-44(34-16-17-43(68-50(54)55)45(25-34)65-30-31-14-15-31)67-49(61)42-13-6-20-59(42)70(63,64)38-12-5-10-36(24-38)48(60)66-37-11-4-9-35(23-37)47(33-7-2-1-3-8-33)57-51(62)69-46-29-58-21-18-32(46)19-22-58/h1-5,7-12,16-17,23-25,27-28,31-32,42,44,46-47,50H,6,13-15,18-22,26,29-30H2,(H,57,62)/p+1/t42-,44-,46-,47-/m0/s1. The van der Waals surface area contributed by atoms with Crippen molar-refractivity contribution in [3.63, 3.8) is 0 Å².